The van der Waals surface area contributed by atoms with Crippen molar-refractivity contribution in [1.82, 2.24) is 10.0 Å². The molecule has 0 saturated heterocycles. The lowest BCUT2D eigenvalue weighted by Gasteiger charge is -2.20. The summed E-state index contributed by atoms with van der Waals surface area (Å²) in [6.07, 6.45) is 1.42. The number of anilines is 1. The highest BCUT2D eigenvalue weighted by Gasteiger charge is 2.21. The smallest absolute Gasteiger partial charge is 0.306 e. The molecule has 10 heteroatoms. The molecule has 0 aromatic heterocycles. The summed E-state index contributed by atoms with van der Waals surface area (Å²) in [5, 5.41) is 5.35. The van der Waals surface area contributed by atoms with Crippen LogP contribution >= 0.6 is 12.2 Å². The first-order valence-electron chi connectivity index (χ1n) is 10.9. The zero-order chi connectivity index (χ0) is 25.2. The van der Waals surface area contributed by atoms with Crippen LogP contribution in [0.25, 0.3) is 0 Å². The third-order valence-corrected chi connectivity index (χ3v) is 6.37. The number of nitrogens with one attached hydrogen (secondary N) is 3. The second-order valence-corrected chi connectivity index (χ2v) is 10.8. The maximum atomic E-state index is 12.3. The highest BCUT2D eigenvalue weighted by atomic mass is 32.2. The minimum Gasteiger partial charge on any atom is -0.466 e. The fraction of sp³-hybridized carbons (Fsp3) is 0.375. The lowest BCUT2D eigenvalue weighted by atomic mass is 10.1. The summed E-state index contributed by atoms with van der Waals surface area (Å²) in [4.78, 5) is 24.0. The molecular formula is C24H31N3O5S2. The van der Waals surface area contributed by atoms with Crippen LogP contribution in [-0.4, -0.2) is 37.6 Å². The van der Waals surface area contributed by atoms with Crippen LogP contribution < -0.4 is 15.4 Å². The molecule has 34 heavy (non-hydrogen) atoms. The number of sulfonamides is 1. The fourth-order valence-electron chi connectivity index (χ4n) is 2.93. The SMILES string of the molecule is CC(C)(C)NS(=O)(=O)c1ccc(NC(=S)NC(=O)CCC(=O)OCCCc2ccccc2)cc1. The van der Waals surface area contributed by atoms with E-state index in [1.54, 1.807) is 32.9 Å². The second-order valence-electron chi connectivity index (χ2n) is 8.69. The third-order valence-electron chi connectivity index (χ3n) is 4.39. The molecule has 0 aliphatic heterocycles. The number of ether oxygens (including phenoxy) is 1. The standard InChI is InChI=1S/C24H31N3O5S2/c1-24(2,3)27-34(30,31)20-13-11-19(12-14-20)25-23(33)26-21(28)15-16-22(29)32-17-7-10-18-8-5-4-6-9-18/h4-6,8-9,11-14,27H,7,10,15-17H2,1-3H3,(H2,25,26,28,33). The van der Waals surface area contributed by atoms with Gasteiger partial charge >= 0.3 is 5.97 Å². The van der Waals surface area contributed by atoms with Crippen LogP contribution in [0, 0.1) is 0 Å². The second kappa shape index (κ2) is 12.6. The first-order chi connectivity index (χ1) is 15.9. The van der Waals surface area contributed by atoms with E-state index in [-0.39, 0.29) is 22.8 Å². The van der Waals surface area contributed by atoms with Crippen LogP contribution in [0.2, 0.25) is 0 Å². The number of benzene rings is 2. The normalized spacial score (nSPS) is 11.5. The Bertz CT molecular complexity index is 1080. The predicted octanol–water partition coefficient (Wildman–Crippen LogP) is 3.53. The van der Waals surface area contributed by atoms with Gasteiger partial charge in [0.25, 0.3) is 0 Å². The molecule has 0 spiro atoms. The number of carbonyl (C=O) groups is 2. The zero-order valence-electron chi connectivity index (χ0n) is 19.6. The summed E-state index contributed by atoms with van der Waals surface area (Å²) in [7, 11) is -3.64. The highest BCUT2D eigenvalue weighted by molar-refractivity contribution is 7.89. The Balaban J connectivity index is 1.69. The van der Waals surface area contributed by atoms with Gasteiger partial charge < -0.3 is 15.4 Å². The van der Waals surface area contributed by atoms with E-state index in [0.29, 0.717) is 18.7 Å². The number of esters is 1. The van der Waals surface area contributed by atoms with Gasteiger partial charge in [0, 0.05) is 17.6 Å². The molecule has 3 N–H and O–H groups in total. The van der Waals surface area contributed by atoms with E-state index >= 15 is 0 Å². The molecule has 0 aliphatic carbocycles. The first-order valence-corrected chi connectivity index (χ1v) is 12.8. The first kappa shape index (κ1) is 27.4. The number of thiocarbonyl (C=S) groups is 1. The number of carbonyl (C=O) groups excluding carboxylic acids is 2. The number of hydrogen-bond donors (Lipinski definition) is 3. The Morgan fingerprint density at radius 3 is 2.24 bits per heavy atom. The highest BCUT2D eigenvalue weighted by Crippen LogP contribution is 2.16. The third kappa shape index (κ3) is 10.4. The lowest BCUT2D eigenvalue weighted by Crippen LogP contribution is -2.40. The number of hydrogen-bond acceptors (Lipinski definition) is 6. The maximum absolute atomic E-state index is 12.3. The Morgan fingerprint density at radius 1 is 0.971 bits per heavy atom. The number of amides is 1. The van der Waals surface area contributed by atoms with E-state index < -0.39 is 27.4 Å². The lowest BCUT2D eigenvalue weighted by molar-refractivity contribution is -0.145. The Labute approximate surface area is 206 Å². The van der Waals surface area contributed by atoms with Crippen LogP contribution in [0.4, 0.5) is 5.69 Å². The molecule has 184 valence electrons. The minimum atomic E-state index is -3.64. The quantitative estimate of drug-likeness (QED) is 0.257. The summed E-state index contributed by atoms with van der Waals surface area (Å²) < 4.78 is 32.4. The van der Waals surface area contributed by atoms with Gasteiger partial charge in [0.05, 0.1) is 17.9 Å². The molecule has 8 nitrogen and oxygen atoms in total. The van der Waals surface area contributed by atoms with E-state index in [2.05, 4.69) is 15.4 Å². The van der Waals surface area contributed by atoms with Crippen LogP contribution in [0.3, 0.4) is 0 Å². The molecule has 2 aromatic rings. The summed E-state index contributed by atoms with van der Waals surface area (Å²) >= 11 is 5.11. The Kier molecular flexibility index (Phi) is 10.2. The van der Waals surface area contributed by atoms with Crippen molar-refractivity contribution < 1.29 is 22.7 Å². The summed E-state index contributed by atoms with van der Waals surface area (Å²) in [5.74, 6) is -0.866. The van der Waals surface area contributed by atoms with Crippen LogP contribution in [0.15, 0.2) is 59.5 Å². The molecule has 1 amide bonds. The van der Waals surface area contributed by atoms with E-state index in [4.69, 9.17) is 17.0 Å². The van der Waals surface area contributed by atoms with Crippen LogP contribution in [0.1, 0.15) is 45.6 Å². The van der Waals surface area contributed by atoms with Gasteiger partial charge in [0.2, 0.25) is 15.9 Å². The van der Waals surface area contributed by atoms with Crippen molar-refractivity contribution >= 4 is 44.9 Å². The van der Waals surface area contributed by atoms with Crippen molar-refractivity contribution in [2.24, 2.45) is 0 Å². The van der Waals surface area contributed by atoms with E-state index in [9.17, 15) is 18.0 Å². The van der Waals surface area contributed by atoms with Gasteiger partial charge in [-0.15, -0.1) is 0 Å². The molecule has 2 rings (SSSR count). The molecule has 0 heterocycles. The van der Waals surface area contributed by atoms with Crippen LogP contribution in [0.5, 0.6) is 0 Å². The summed E-state index contributed by atoms with van der Waals surface area (Å²) in [6, 6.07) is 15.9. The number of rotatable bonds is 10. The molecule has 0 saturated carbocycles. The molecule has 0 atom stereocenters. The topological polar surface area (TPSA) is 114 Å². The molecule has 2 aromatic carbocycles. The number of aryl methyl sites for hydroxylation is 1. The zero-order valence-corrected chi connectivity index (χ0v) is 21.2. The van der Waals surface area contributed by atoms with Gasteiger partial charge in [-0.3, -0.25) is 9.59 Å². The van der Waals surface area contributed by atoms with E-state index in [1.807, 2.05) is 30.3 Å². The van der Waals surface area contributed by atoms with E-state index in [1.165, 1.54) is 17.7 Å². The molecule has 0 fully saturated rings. The maximum Gasteiger partial charge on any atom is 0.306 e. The molecule has 0 unspecified atom stereocenters. The van der Waals surface area contributed by atoms with Crippen molar-refractivity contribution in [2.75, 3.05) is 11.9 Å². The molecule has 0 radical (unpaired) electrons. The fourth-order valence-corrected chi connectivity index (χ4v) is 4.58. The van der Waals surface area contributed by atoms with Crippen molar-refractivity contribution in [3.8, 4) is 0 Å². The largest absolute Gasteiger partial charge is 0.466 e. The predicted molar refractivity (Wildman–Crippen MR) is 136 cm³/mol. The van der Waals surface area contributed by atoms with Gasteiger partial charge in [-0.05, 0) is 75.7 Å². The molecule has 0 bridgehead atoms. The van der Waals surface area contributed by atoms with Gasteiger partial charge in [-0.2, -0.15) is 0 Å². The monoisotopic (exact) mass is 505 g/mol. The van der Waals surface area contributed by atoms with Gasteiger partial charge in [0.15, 0.2) is 5.11 Å². The molecular weight excluding hydrogens is 474 g/mol. The Morgan fingerprint density at radius 2 is 1.62 bits per heavy atom. The average molecular weight is 506 g/mol. The molecule has 0 aliphatic rings. The van der Waals surface area contributed by atoms with Gasteiger partial charge in [-0.25, -0.2) is 13.1 Å². The van der Waals surface area contributed by atoms with E-state index in [0.717, 1.165) is 6.42 Å². The van der Waals surface area contributed by atoms with Crippen molar-refractivity contribution in [3.63, 3.8) is 0 Å². The van der Waals surface area contributed by atoms with Crippen LogP contribution in [-0.2, 0) is 30.8 Å². The summed E-state index contributed by atoms with van der Waals surface area (Å²) in [6.45, 7) is 5.57. The van der Waals surface area contributed by atoms with Crippen molar-refractivity contribution in [1.29, 1.82) is 0 Å². The summed E-state index contributed by atoms with van der Waals surface area (Å²) in [5.41, 5.74) is 1.09. The van der Waals surface area contributed by atoms with Gasteiger partial charge in [-0.1, -0.05) is 30.3 Å². The van der Waals surface area contributed by atoms with Crippen molar-refractivity contribution in [2.45, 2.75) is 56.9 Å². The Hall–Kier alpha value is -2.82. The minimum absolute atomic E-state index is 0.0460. The van der Waals surface area contributed by atoms with Crippen molar-refractivity contribution in [3.05, 3.63) is 60.2 Å². The van der Waals surface area contributed by atoms with Gasteiger partial charge in [0.1, 0.15) is 0 Å². The average Bonchev–Trinajstić information content (AvgIpc) is 2.75.